The summed E-state index contributed by atoms with van der Waals surface area (Å²) in [5.41, 5.74) is 3.40. The average Bonchev–Trinajstić information content (AvgIpc) is 2.84. The van der Waals surface area contributed by atoms with Crippen molar-refractivity contribution in [3.63, 3.8) is 0 Å². The molecule has 0 bridgehead atoms. The summed E-state index contributed by atoms with van der Waals surface area (Å²) in [5, 5.41) is 0. The second kappa shape index (κ2) is 11.4. The van der Waals surface area contributed by atoms with Crippen molar-refractivity contribution < 1.29 is 18.9 Å². The van der Waals surface area contributed by atoms with Crippen LogP contribution in [0.2, 0.25) is 0 Å². The van der Waals surface area contributed by atoms with E-state index in [1.807, 2.05) is 61.5 Å². The van der Waals surface area contributed by atoms with Crippen LogP contribution in [-0.2, 0) is 38.8 Å². The smallest absolute Gasteiger partial charge is 0.163 e. The van der Waals surface area contributed by atoms with Crippen LogP contribution >= 0.6 is 0 Å². The lowest BCUT2D eigenvalue weighted by atomic mass is 9.92. The first-order chi connectivity index (χ1) is 15.7. The summed E-state index contributed by atoms with van der Waals surface area (Å²) in [6, 6.07) is 30.6. The van der Waals surface area contributed by atoms with E-state index >= 15 is 0 Å². The summed E-state index contributed by atoms with van der Waals surface area (Å²) in [6.45, 7) is 5.71. The highest BCUT2D eigenvalue weighted by Gasteiger charge is 2.44. The highest BCUT2D eigenvalue weighted by molar-refractivity contribution is 5.15. The third kappa shape index (κ3) is 6.05. The van der Waals surface area contributed by atoms with Gasteiger partial charge in [-0.3, -0.25) is 0 Å². The standard InChI is InChI=1S/C28H32O4/c1-21-26(29-18-23-12-6-3-7-13-23)27(30-19-24-14-8-4-9-15-24)22(2)32-28(21)31-20-25-16-10-5-11-17-25/h3-17,21-22,26-28H,18-20H2,1-2H3/t21-,22+,26+,27+,28+/m1/s1. The lowest BCUT2D eigenvalue weighted by Crippen LogP contribution is -2.55. The Kier molecular flexibility index (Phi) is 8.07. The van der Waals surface area contributed by atoms with E-state index in [-0.39, 0.29) is 30.5 Å². The van der Waals surface area contributed by atoms with Gasteiger partial charge in [-0.05, 0) is 23.6 Å². The first-order valence-corrected chi connectivity index (χ1v) is 11.3. The van der Waals surface area contributed by atoms with Gasteiger partial charge in [0.25, 0.3) is 0 Å². The van der Waals surface area contributed by atoms with Gasteiger partial charge in [0.2, 0.25) is 0 Å². The Balaban J connectivity index is 1.45. The van der Waals surface area contributed by atoms with Gasteiger partial charge in [0.1, 0.15) is 6.10 Å². The van der Waals surface area contributed by atoms with Crippen molar-refractivity contribution in [3.8, 4) is 0 Å². The minimum Gasteiger partial charge on any atom is -0.370 e. The average molecular weight is 433 g/mol. The molecule has 1 aliphatic rings. The van der Waals surface area contributed by atoms with Gasteiger partial charge < -0.3 is 18.9 Å². The number of hydrogen-bond donors (Lipinski definition) is 0. The quantitative estimate of drug-likeness (QED) is 0.431. The van der Waals surface area contributed by atoms with E-state index in [9.17, 15) is 0 Å². The van der Waals surface area contributed by atoms with E-state index in [0.29, 0.717) is 19.8 Å². The van der Waals surface area contributed by atoms with Crippen LogP contribution in [0.25, 0.3) is 0 Å². The van der Waals surface area contributed by atoms with Gasteiger partial charge >= 0.3 is 0 Å². The van der Waals surface area contributed by atoms with E-state index in [4.69, 9.17) is 18.9 Å². The second-order valence-corrected chi connectivity index (χ2v) is 8.39. The SMILES string of the molecule is C[C@H]1[C@@H](OCc2ccccc2)O[C@@H](C)[C@H](OCc2ccccc2)[C@H]1OCc1ccccc1. The number of hydrogen-bond acceptors (Lipinski definition) is 4. The molecule has 32 heavy (non-hydrogen) atoms. The van der Waals surface area contributed by atoms with Gasteiger partial charge in [0.15, 0.2) is 6.29 Å². The van der Waals surface area contributed by atoms with Crippen molar-refractivity contribution in [1.29, 1.82) is 0 Å². The molecule has 5 atom stereocenters. The Morgan fingerprint density at radius 2 is 0.969 bits per heavy atom. The zero-order valence-corrected chi connectivity index (χ0v) is 18.8. The molecule has 0 aliphatic carbocycles. The van der Waals surface area contributed by atoms with Crippen LogP contribution in [-0.4, -0.2) is 24.6 Å². The molecule has 3 aromatic rings. The monoisotopic (exact) mass is 432 g/mol. The molecule has 0 N–H and O–H groups in total. The number of ether oxygens (including phenoxy) is 4. The zero-order chi connectivity index (χ0) is 22.2. The number of rotatable bonds is 9. The molecule has 1 saturated heterocycles. The van der Waals surface area contributed by atoms with Crippen molar-refractivity contribution in [2.45, 2.75) is 58.3 Å². The van der Waals surface area contributed by atoms with Gasteiger partial charge in [-0.2, -0.15) is 0 Å². The fourth-order valence-corrected chi connectivity index (χ4v) is 4.09. The molecule has 168 valence electrons. The maximum absolute atomic E-state index is 6.45. The van der Waals surface area contributed by atoms with Crippen molar-refractivity contribution in [2.75, 3.05) is 0 Å². The van der Waals surface area contributed by atoms with Crippen molar-refractivity contribution >= 4 is 0 Å². The predicted octanol–water partition coefficient (Wildman–Crippen LogP) is 5.75. The fraction of sp³-hybridized carbons (Fsp3) is 0.357. The Morgan fingerprint density at radius 1 is 0.562 bits per heavy atom. The summed E-state index contributed by atoms with van der Waals surface area (Å²) in [5.74, 6) is 0.0133. The predicted molar refractivity (Wildman–Crippen MR) is 125 cm³/mol. The minimum absolute atomic E-state index is 0.0133. The highest BCUT2D eigenvalue weighted by atomic mass is 16.7. The Hall–Kier alpha value is -2.50. The summed E-state index contributed by atoms with van der Waals surface area (Å²) in [4.78, 5) is 0. The molecular weight excluding hydrogens is 400 g/mol. The van der Waals surface area contributed by atoms with Gasteiger partial charge in [-0.15, -0.1) is 0 Å². The van der Waals surface area contributed by atoms with Crippen LogP contribution in [0.4, 0.5) is 0 Å². The van der Waals surface area contributed by atoms with Crippen LogP contribution in [0.1, 0.15) is 30.5 Å². The molecule has 0 aromatic heterocycles. The maximum atomic E-state index is 6.45. The van der Waals surface area contributed by atoms with Crippen LogP contribution < -0.4 is 0 Å². The maximum Gasteiger partial charge on any atom is 0.163 e. The lowest BCUT2D eigenvalue weighted by molar-refractivity contribution is -0.294. The van der Waals surface area contributed by atoms with E-state index < -0.39 is 0 Å². The van der Waals surface area contributed by atoms with Crippen LogP contribution in [0.3, 0.4) is 0 Å². The highest BCUT2D eigenvalue weighted by Crippen LogP contribution is 2.32. The van der Waals surface area contributed by atoms with Gasteiger partial charge in [-0.1, -0.05) is 97.9 Å². The molecule has 1 fully saturated rings. The largest absolute Gasteiger partial charge is 0.370 e. The number of benzene rings is 3. The summed E-state index contributed by atoms with van der Waals surface area (Å²) in [6.07, 6.45) is -0.854. The molecule has 0 amide bonds. The molecule has 4 rings (SSSR count). The Bertz CT molecular complexity index is 916. The summed E-state index contributed by atoms with van der Waals surface area (Å²) in [7, 11) is 0. The van der Waals surface area contributed by atoms with Crippen LogP contribution in [0, 0.1) is 5.92 Å². The Labute approximate surface area is 191 Å². The molecule has 0 spiro atoms. The zero-order valence-electron chi connectivity index (χ0n) is 18.8. The van der Waals surface area contributed by atoms with Crippen LogP contribution in [0.15, 0.2) is 91.0 Å². The van der Waals surface area contributed by atoms with Crippen LogP contribution in [0.5, 0.6) is 0 Å². The molecule has 1 aliphatic heterocycles. The molecular formula is C28H32O4. The normalized spacial score (nSPS) is 25.5. The minimum atomic E-state index is -0.359. The van der Waals surface area contributed by atoms with E-state index in [0.717, 1.165) is 16.7 Å². The van der Waals surface area contributed by atoms with E-state index in [1.165, 1.54) is 0 Å². The summed E-state index contributed by atoms with van der Waals surface area (Å²) < 4.78 is 25.3. The fourth-order valence-electron chi connectivity index (χ4n) is 4.09. The van der Waals surface area contributed by atoms with Gasteiger partial charge in [0, 0.05) is 5.92 Å². The molecule has 4 nitrogen and oxygen atoms in total. The molecule has 3 aromatic carbocycles. The van der Waals surface area contributed by atoms with Gasteiger partial charge in [-0.25, -0.2) is 0 Å². The van der Waals surface area contributed by atoms with Gasteiger partial charge in [0.05, 0.1) is 32.0 Å². The molecule has 1 heterocycles. The van der Waals surface area contributed by atoms with E-state index in [2.05, 4.69) is 43.3 Å². The lowest BCUT2D eigenvalue weighted by Gasteiger charge is -2.44. The second-order valence-electron chi connectivity index (χ2n) is 8.39. The third-order valence-electron chi connectivity index (χ3n) is 5.91. The van der Waals surface area contributed by atoms with Crippen molar-refractivity contribution in [1.82, 2.24) is 0 Å². The first-order valence-electron chi connectivity index (χ1n) is 11.3. The molecule has 0 saturated carbocycles. The van der Waals surface area contributed by atoms with E-state index in [1.54, 1.807) is 0 Å². The molecule has 0 unspecified atom stereocenters. The third-order valence-corrected chi connectivity index (χ3v) is 5.91. The first kappa shape index (κ1) is 22.7. The van der Waals surface area contributed by atoms with Crippen molar-refractivity contribution in [2.24, 2.45) is 5.92 Å². The molecule has 4 heteroatoms. The topological polar surface area (TPSA) is 36.9 Å². The Morgan fingerprint density at radius 3 is 1.44 bits per heavy atom. The van der Waals surface area contributed by atoms with Crippen molar-refractivity contribution in [3.05, 3.63) is 108 Å². The summed E-state index contributed by atoms with van der Waals surface area (Å²) >= 11 is 0. The molecule has 0 radical (unpaired) electrons.